The van der Waals surface area contributed by atoms with E-state index in [1.165, 1.54) is 32.1 Å². The van der Waals surface area contributed by atoms with Crippen molar-refractivity contribution in [3.63, 3.8) is 0 Å². The van der Waals surface area contributed by atoms with Crippen LogP contribution in [0, 0.1) is 11.3 Å². The molecule has 0 atom stereocenters. The number of rotatable bonds is 5. The highest BCUT2D eigenvalue weighted by Gasteiger charge is 2.37. The molecule has 0 spiro atoms. The maximum Gasteiger partial charge on any atom is 0.311 e. The van der Waals surface area contributed by atoms with E-state index in [2.05, 4.69) is 13.8 Å². The molecule has 2 nitrogen and oxygen atoms in total. The van der Waals surface area contributed by atoms with Gasteiger partial charge in [0.05, 0.1) is 5.41 Å². The third kappa shape index (κ3) is 4.81. The van der Waals surface area contributed by atoms with Gasteiger partial charge in [-0.05, 0) is 46.0 Å². The van der Waals surface area contributed by atoms with Crippen molar-refractivity contribution in [3.05, 3.63) is 0 Å². The summed E-state index contributed by atoms with van der Waals surface area (Å²) in [6.45, 7) is 10.1. The molecule has 0 unspecified atom stereocenters. The standard InChI is InChI=1S/C17H32O2/c1-6-17(7-2,19-15(18)16(3,4)5)13-14-11-9-8-10-12-14/h14H,6-13H2,1-5H3. The van der Waals surface area contributed by atoms with E-state index in [1.807, 2.05) is 20.8 Å². The zero-order chi connectivity index (χ0) is 14.5. The lowest BCUT2D eigenvalue weighted by molar-refractivity contribution is -0.173. The summed E-state index contributed by atoms with van der Waals surface area (Å²) in [6.07, 6.45) is 9.63. The number of hydrogen-bond donors (Lipinski definition) is 0. The fraction of sp³-hybridized carbons (Fsp3) is 0.941. The Kier molecular flexibility index (Phi) is 5.88. The van der Waals surface area contributed by atoms with Gasteiger partial charge >= 0.3 is 5.97 Å². The summed E-state index contributed by atoms with van der Waals surface area (Å²) in [5.41, 5.74) is -0.630. The summed E-state index contributed by atoms with van der Waals surface area (Å²) in [6, 6.07) is 0. The summed E-state index contributed by atoms with van der Waals surface area (Å²) >= 11 is 0. The molecule has 1 aliphatic rings. The van der Waals surface area contributed by atoms with Crippen molar-refractivity contribution >= 4 is 5.97 Å². The number of hydrogen-bond acceptors (Lipinski definition) is 2. The van der Waals surface area contributed by atoms with E-state index in [4.69, 9.17) is 4.74 Å². The first-order valence-electron chi connectivity index (χ1n) is 8.06. The first kappa shape index (κ1) is 16.5. The number of ether oxygens (including phenoxy) is 1. The summed E-state index contributed by atoms with van der Waals surface area (Å²) in [5.74, 6) is 0.702. The molecule has 0 aromatic heterocycles. The van der Waals surface area contributed by atoms with Gasteiger partial charge in [-0.3, -0.25) is 4.79 Å². The third-order valence-corrected chi connectivity index (χ3v) is 4.60. The van der Waals surface area contributed by atoms with Crippen LogP contribution in [0.2, 0.25) is 0 Å². The van der Waals surface area contributed by atoms with Crippen molar-refractivity contribution in [2.75, 3.05) is 0 Å². The second kappa shape index (κ2) is 6.76. The van der Waals surface area contributed by atoms with E-state index in [1.54, 1.807) is 0 Å². The first-order chi connectivity index (χ1) is 8.83. The quantitative estimate of drug-likeness (QED) is 0.648. The smallest absolute Gasteiger partial charge is 0.311 e. The van der Waals surface area contributed by atoms with Gasteiger partial charge in [0.25, 0.3) is 0 Å². The average molecular weight is 268 g/mol. The zero-order valence-electron chi connectivity index (χ0n) is 13.6. The average Bonchev–Trinajstić information content (AvgIpc) is 2.38. The van der Waals surface area contributed by atoms with Crippen LogP contribution in [-0.4, -0.2) is 11.6 Å². The highest BCUT2D eigenvalue weighted by Crippen LogP contribution is 2.37. The lowest BCUT2D eigenvalue weighted by Crippen LogP contribution is -2.40. The van der Waals surface area contributed by atoms with Gasteiger partial charge in [0.15, 0.2) is 0 Å². The van der Waals surface area contributed by atoms with E-state index in [-0.39, 0.29) is 11.6 Å². The Labute approximate surface area is 119 Å². The Balaban J connectivity index is 2.69. The van der Waals surface area contributed by atoms with E-state index in [0.717, 1.165) is 25.2 Å². The number of carbonyl (C=O) groups is 1. The van der Waals surface area contributed by atoms with Crippen LogP contribution in [0.5, 0.6) is 0 Å². The fourth-order valence-corrected chi connectivity index (χ4v) is 2.99. The van der Waals surface area contributed by atoms with Crippen LogP contribution in [0.3, 0.4) is 0 Å². The van der Waals surface area contributed by atoms with Crippen LogP contribution >= 0.6 is 0 Å². The predicted molar refractivity (Wildman–Crippen MR) is 80.1 cm³/mol. The van der Waals surface area contributed by atoms with Crippen molar-refractivity contribution < 1.29 is 9.53 Å². The van der Waals surface area contributed by atoms with E-state index < -0.39 is 5.41 Å². The lowest BCUT2D eigenvalue weighted by atomic mass is 9.78. The van der Waals surface area contributed by atoms with Crippen LogP contribution in [0.15, 0.2) is 0 Å². The monoisotopic (exact) mass is 268 g/mol. The Hall–Kier alpha value is -0.530. The van der Waals surface area contributed by atoms with Crippen molar-refractivity contribution in [2.24, 2.45) is 11.3 Å². The fourth-order valence-electron chi connectivity index (χ4n) is 2.99. The van der Waals surface area contributed by atoms with Gasteiger partial charge in [0.2, 0.25) is 0 Å². The molecule has 1 saturated carbocycles. The van der Waals surface area contributed by atoms with E-state index in [9.17, 15) is 4.79 Å². The summed E-state index contributed by atoms with van der Waals surface area (Å²) in [4.78, 5) is 12.2. The Morgan fingerprint density at radius 2 is 1.58 bits per heavy atom. The minimum Gasteiger partial charge on any atom is -0.459 e. The molecule has 0 saturated heterocycles. The minimum atomic E-state index is -0.401. The van der Waals surface area contributed by atoms with Crippen LogP contribution in [0.25, 0.3) is 0 Å². The molecule has 0 aliphatic heterocycles. The van der Waals surface area contributed by atoms with Crippen molar-refractivity contribution in [1.29, 1.82) is 0 Å². The van der Waals surface area contributed by atoms with Gasteiger partial charge in [-0.15, -0.1) is 0 Å². The number of carbonyl (C=O) groups excluding carboxylic acids is 1. The normalized spacial score (nSPS) is 18.4. The van der Waals surface area contributed by atoms with Crippen molar-refractivity contribution in [1.82, 2.24) is 0 Å². The predicted octanol–water partition coefficient (Wildman–Crippen LogP) is 5.10. The molecule has 0 heterocycles. The van der Waals surface area contributed by atoms with Gasteiger partial charge in [-0.2, -0.15) is 0 Å². The molecule has 0 amide bonds. The van der Waals surface area contributed by atoms with E-state index >= 15 is 0 Å². The molecular weight excluding hydrogens is 236 g/mol. The van der Waals surface area contributed by atoms with Crippen LogP contribution in [0.1, 0.15) is 86.0 Å². The van der Waals surface area contributed by atoms with Gasteiger partial charge in [-0.1, -0.05) is 46.0 Å². The summed E-state index contributed by atoms with van der Waals surface area (Å²) in [7, 11) is 0. The van der Waals surface area contributed by atoms with Gasteiger partial charge in [-0.25, -0.2) is 0 Å². The largest absolute Gasteiger partial charge is 0.459 e. The first-order valence-corrected chi connectivity index (χ1v) is 8.06. The van der Waals surface area contributed by atoms with Crippen molar-refractivity contribution in [3.8, 4) is 0 Å². The molecule has 0 N–H and O–H groups in total. The van der Waals surface area contributed by atoms with Gasteiger partial charge in [0.1, 0.15) is 5.60 Å². The van der Waals surface area contributed by atoms with Crippen molar-refractivity contribution in [2.45, 2.75) is 91.6 Å². The molecule has 1 fully saturated rings. The molecule has 1 aliphatic carbocycles. The summed E-state index contributed by atoms with van der Waals surface area (Å²) in [5, 5.41) is 0. The second-order valence-corrected chi connectivity index (χ2v) is 7.24. The molecule has 0 aromatic rings. The maximum absolute atomic E-state index is 12.2. The van der Waals surface area contributed by atoms with Crippen LogP contribution < -0.4 is 0 Å². The molecule has 19 heavy (non-hydrogen) atoms. The zero-order valence-corrected chi connectivity index (χ0v) is 13.6. The molecule has 0 radical (unpaired) electrons. The minimum absolute atomic E-state index is 0.0491. The Morgan fingerprint density at radius 3 is 2.00 bits per heavy atom. The van der Waals surface area contributed by atoms with Crippen LogP contribution in [0.4, 0.5) is 0 Å². The highest BCUT2D eigenvalue weighted by molar-refractivity contribution is 5.75. The van der Waals surface area contributed by atoms with Gasteiger partial charge in [0, 0.05) is 0 Å². The third-order valence-electron chi connectivity index (χ3n) is 4.60. The highest BCUT2D eigenvalue weighted by atomic mass is 16.6. The molecule has 112 valence electrons. The van der Waals surface area contributed by atoms with Gasteiger partial charge < -0.3 is 4.74 Å². The summed E-state index contributed by atoms with van der Waals surface area (Å²) < 4.78 is 5.96. The lowest BCUT2D eigenvalue weighted by Gasteiger charge is -2.38. The van der Waals surface area contributed by atoms with E-state index in [0.29, 0.717) is 0 Å². The maximum atomic E-state index is 12.2. The molecule has 2 heteroatoms. The SMILES string of the molecule is CCC(CC)(CC1CCCCC1)OC(=O)C(C)(C)C. The second-order valence-electron chi connectivity index (χ2n) is 7.24. The number of esters is 1. The van der Waals surface area contributed by atoms with Crippen LogP contribution in [-0.2, 0) is 9.53 Å². The Bertz CT molecular complexity index is 278. The Morgan fingerprint density at radius 1 is 1.05 bits per heavy atom. The molecular formula is C17H32O2. The topological polar surface area (TPSA) is 26.3 Å². The molecule has 1 rings (SSSR count). The molecule has 0 bridgehead atoms. The molecule has 0 aromatic carbocycles.